The number of hydrogen-bond donors (Lipinski definition) is 1. The number of benzene rings is 2. The van der Waals surface area contributed by atoms with Crippen LogP contribution in [0.2, 0.25) is 0 Å². The molecule has 1 amide bonds. The van der Waals surface area contributed by atoms with Gasteiger partial charge >= 0.3 is 6.18 Å². The van der Waals surface area contributed by atoms with E-state index in [1.807, 2.05) is 6.07 Å². The maximum atomic E-state index is 12.7. The minimum absolute atomic E-state index is 0.127. The quantitative estimate of drug-likeness (QED) is 0.931. The molecule has 0 fully saturated rings. The Balaban J connectivity index is 2.18. The van der Waals surface area contributed by atoms with Gasteiger partial charge in [0.05, 0.1) is 11.1 Å². The molecule has 2 rings (SSSR count). The molecule has 0 unspecified atom stereocenters. The molecule has 0 radical (unpaired) electrons. The van der Waals surface area contributed by atoms with Crippen molar-refractivity contribution in [2.75, 3.05) is 7.05 Å². The summed E-state index contributed by atoms with van der Waals surface area (Å²) in [5.74, 6) is -0.154. The molecule has 0 aliphatic carbocycles. The number of halogens is 3. The Hall–Kier alpha value is -3.01. The topological polar surface area (TPSA) is 62.1 Å². The van der Waals surface area contributed by atoms with E-state index in [9.17, 15) is 18.0 Å². The van der Waals surface area contributed by atoms with Gasteiger partial charge in [-0.3, -0.25) is 4.79 Å². The zero-order chi connectivity index (χ0) is 17.7. The number of ether oxygens (including phenoxy) is 1. The fraction of sp³-hybridized carbons (Fsp3) is 0.176. The predicted octanol–water partition coefficient (Wildman–Crippen LogP) is 3.52. The Morgan fingerprint density at radius 2 is 2.00 bits per heavy atom. The number of alkyl halides is 3. The lowest BCUT2D eigenvalue weighted by atomic mass is 10.1. The lowest BCUT2D eigenvalue weighted by molar-refractivity contribution is -0.137. The largest absolute Gasteiger partial charge is 0.488 e. The second-order valence-corrected chi connectivity index (χ2v) is 4.89. The van der Waals surface area contributed by atoms with Crippen molar-refractivity contribution in [1.29, 1.82) is 5.26 Å². The molecule has 1 N–H and O–H groups in total. The standard InChI is InChI=1S/C17H13F3N2O2/c1-22-16(23)12-5-6-15(13(8-12)9-21)24-10-11-3-2-4-14(7-11)17(18,19)20/h2-8H,10H2,1H3,(H,22,23). The molecule has 24 heavy (non-hydrogen) atoms. The highest BCUT2D eigenvalue weighted by Gasteiger charge is 2.30. The molecule has 7 heteroatoms. The summed E-state index contributed by atoms with van der Waals surface area (Å²) in [7, 11) is 1.46. The fourth-order valence-electron chi connectivity index (χ4n) is 2.03. The molecule has 2 aromatic rings. The first-order chi connectivity index (χ1) is 11.3. The van der Waals surface area contributed by atoms with Crippen molar-refractivity contribution in [2.45, 2.75) is 12.8 Å². The molecular weight excluding hydrogens is 321 g/mol. The summed E-state index contributed by atoms with van der Waals surface area (Å²) in [6.07, 6.45) is -4.43. The third kappa shape index (κ3) is 4.04. The van der Waals surface area contributed by atoms with Crippen LogP contribution < -0.4 is 10.1 Å². The zero-order valence-corrected chi connectivity index (χ0v) is 12.6. The van der Waals surface area contributed by atoms with Crippen molar-refractivity contribution in [3.63, 3.8) is 0 Å². The van der Waals surface area contributed by atoms with Gasteiger partial charge in [0.15, 0.2) is 0 Å². The summed E-state index contributed by atoms with van der Waals surface area (Å²) in [5, 5.41) is 11.6. The number of nitrogens with zero attached hydrogens (tertiary/aromatic N) is 1. The SMILES string of the molecule is CNC(=O)c1ccc(OCc2cccc(C(F)(F)F)c2)c(C#N)c1. The van der Waals surface area contributed by atoms with Gasteiger partial charge in [0.1, 0.15) is 18.4 Å². The molecule has 0 saturated heterocycles. The number of hydrogen-bond acceptors (Lipinski definition) is 3. The average Bonchev–Trinajstić information content (AvgIpc) is 2.58. The molecule has 2 aromatic carbocycles. The average molecular weight is 334 g/mol. The minimum Gasteiger partial charge on any atom is -0.488 e. The minimum atomic E-state index is -4.43. The second-order valence-electron chi connectivity index (χ2n) is 4.89. The lowest BCUT2D eigenvalue weighted by Gasteiger charge is -2.11. The van der Waals surface area contributed by atoms with E-state index in [1.54, 1.807) is 0 Å². The lowest BCUT2D eigenvalue weighted by Crippen LogP contribution is -2.17. The highest BCUT2D eigenvalue weighted by Crippen LogP contribution is 2.30. The van der Waals surface area contributed by atoms with Crippen LogP contribution in [0.5, 0.6) is 5.75 Å². The van der Waals surface area contributed by atoms with E-state index in [0.29, 0.717) is 11.1 Å². The Labute approximate surface area is 136 Å². The maximum Gasteiger partial charge on any atom is 0.416 e. The highest BCUT2D eigenvalue weighted by molar-refractivity contribution is 5.94. The van der Waals surface area contributed by atoms with Gasteiger partial charge in [0, 0.05) is 12.6 Å². The van der Waals surface area contributed by atoms with Crippen molar-refractivity contribution in [1.82, 2.24) is 5.32 Å². The van der Waals surface area contributed by atoms with Crippen LogP contribution in [-0.2, 0) is 12.8 Å². The first-order valence-corrected chi connectivity index (χ1v) is 6.90. The number of amides is 1. The molecule has 0 aliphatic rings. The van der Waals surface area contributed by atoms with Crippen LogP contribution in [0, 0.1) is 11.3 Å². The van der Waals surface area contributed by atoms with Crippen molar-refractivity contribution in [3.8, 4) is 11.8 Å². The Kier molecular flexibility index (Phi) is 5.09. The molecule has 4 nitrogen and oxygen atoms in total. The third-order valence-electron chi connectivity index (χ3n) is 3.24. The summed E-state index contributed by atoms with van der Waals surface area (Å²) < 4.78 is 43.5. The van der Waals surface area contributed by atoms with E-state index in [1.165, 1.54) is 37.4 Å². The number of carbonyl (C=O) groups excluding carboxylic acids is 1. The van der Waals surface area contributed by atoms with Crippen LogP contribution in [0.3, 0.4) is 0 Å². The summed E-state index contributed by atoms with van der Waals surface area (Å²) in [4.78, 5) is 11.5. The van der Waals surface area contributed by atoms with Crippen LogP contribution in [0.15, 0.2) is 42.5 Å². The first-order valence-electron chi connectivity index (χ1n) is 6.90. The predicted molar refractivity (Wildman–Crippen MR) is 80.3 cm³/mol. The van der Waals surface area contributed by atoms with Gasteiger partial charge in [0.2, 0.25) is 0 Å². The first kappa shape index (κ1) is 17.3. The summed E-state index contributed by atoms with van der Waals surface area (Å²) in [5.41, 5.74) is -0.0216. The van der Waals surface area contributed by atoms with E-state index < -0.39 is 11.7 Å². The zero-order valence-electron chi connectivity index (χ0n) is 12.6. The fourth-order valence-corrected chi connectivity index (χ4v) is 2.03. The monoisotopic (exact) mass is 334 g/mol. The smallest absolute Gasteiger partial charge is 0.416 e. The molecule has 0 spiro atoms. The molecule has 0 heterocycles. The van der Waals surface area contributed by atoms with E-state index in [0.717, 1.165) is 12.1 Å². The molecule has 0 aromatic heterocycles. The third-order valence-corrected chi connectivity index (χ3v) is 3.24. The molecule has 0 atom stereocenters. The molecule has 124 valence electrons. The molecule has 0 aliphatic heterocycles. The van der Waals surface area contributed by atoms with Crippen molar-refractivity contribution in [3.05, 3.63) is 64.7 Å². The van der Waals surface area contributed by atoms with Gasteiger partial charge in [-0.05, 0) is 35.9 Å². The van der Waals surface area contributed by atoms with Crippen LogP contribution in [0.4, 0.5) is 13.2 Å². The van der Waals surface area contributed by atoms with Gasteiger partial charge in [0.25, 0.3) is 5.91 Å². The molecule has 0 saturated carbocycles. The van der Waals surface area contributed by atoms with Gasteiger partial charge in [-0.1, -0.05) is 12.1 Å². The molecular formula is C17H13F3N2O2. The molecule has 0 bridgehead atoms. The number of rotatable bonds is 4. The van der Waals surface area contributed by atoms with Crippen molar-refractivity contribution < 1.29 is 22.7 Å². The normalized spacial score (nSPS) is 10.8. The van der Waals surface area contributed by atoms with Crippen LogP contribution in [0.1, 0.15) is 27.0 Å². The van der Waals surface area contributed by atoms with Crippen LogP contribution in [0.25, 0.3) is 0 Å². The van der Waals surface area contributed by atoms with Gasteiger partial charge in [-0.2, -0.15) is 18.4 Å². The van der Waals surface area contributed by atoms with E-state index in [-0.39, 0.29) is 23.8 Å². The van der Waals surface area contributed by atoms with Crippen molar-refractivity contribution in [2.24, 2.45) is 0 Å². The summed E-state index contributed by atoms with van der Waals surface area (Å²) in [6, 6.07) is 10.9. The van der Waals surface area contributed by atoms with Gasteiger partial charge in [-0.15, -0.1) is 0 Å². The van der Waals surface area contributed by atoms with Crippen molar-refractivity contribution >= 4 is 5.91 Å². The van der Waals surface area contributed by atoms with Crippen LogP contribution in [-0.4, -0.2) is 13.0 Å². The maximum absolute atomic E-state index is 12.7. The van der Waals surface area contributed by atoms with E-state index >= 15 is 0 Å². The number of nitrogens with one attached hydrogen (secondary N) is 1. The van der Waals surface area contributed by atoms with E-state index in [4.69, 9.17) is 10.00 Å². The Morgan fingerprint density at radius 1 is 1.25 bits per heavy atom. The summed E-state index contributed by atoms with van der Waals surface area (Å²) in [6.45, 7) is -0.127. The number of carbonyl (C=O) groups is 1. The van der Waals surface area contributed by atoms with E-state index in [2.05, 4.69) is 5.32 Å². The summed E-state index contributed by atoms with van der Waals surface area (Å²) >= 11 is 0. The number of nitriles is 1. The van der Waals surface area contributed by atoms with Gasteiger partial charge < -0.3 is 10.1 Å². The highest BCUT2D eigenvalue weighted by atomic mass is 19.4. The van der Waals surface area contributed by atoms with Gasteiger partial charge in [-0.25, -0.2) is 0 Å². The Morgan fingerprint density at radius 3 is 2.62 bits per heavy atom. The second kappa shape index (κ2) is 7.04. The van der Waals surface area contributed by atoms with Crippen LogP contribution >= 0.6 is 0 Å². The Bertz CT molecular complexity index is 795.